The number of aromatic nitrogens is 4. The van der Waals surface area contributed by atoms with Gasteiger partial charge in [0.1, 0.15) is 18.2 Å². The maximum absolute atomic E-state index is 6.03. The molecule has 1 aliphatic rings. The number of hydrogen-bond donors (Lipinski definition) is 1. The molecule has 0 bridgehead atoms. The van der Waals surface area contributed by atoms with Gasteiger partial charge in [-0.3, -0.25) is 4.98 Å². The van der Waals surface area contributed by atoms with Crippen molar-refractivity contribution >= 4 is 0 Å². The average Bonchev–Trinajstić information content (AvgIpc) is 3.14. The molecule has 0 radical (unpaired) electrons. The quantitative estimate of drug-likeness (QED) is 0.699. The van der Waals surface area contributed by atoms with Gasteiger partial charge in [-0.25, -0.2) is 9.67 Å². The molecule has 2 aromatic heterocycles. The number of nitrogens with one attached hydrogen (secondary N) is 1. The Hall–Kier alpha value is -2.73. The summed E-state index contributed by atoms with van der Waals surface area (Å²) in [5, 5.41) is 8.25. The van der Waals surface area contributed by atoms with E-state index in [0.29, 0.717) is 12.6 Å². The third-order valence-electron chi connectivity index (χ3n) is 4.89. The molecule has 0 saturated heterocycles. The van der Waals surface area contributed by atoms with E-state index in [1.807, 2.05) is 30.5 Å². The molecule has 0 amide bonds. The topological polar surface area (TPSA) is 64.9 Å². The van der Waals surface area contributed by atoms with Gasteiger partial charge in [-0.15, -0.1) is 0 Å². The van der Waals surface area contributed by atoms with E-state index in [9.17, 15) is 0 Å². The van der Waals surface area contributed by atoms with Crippen molar-refractivity contribution in [2.75, 3.05) is 0 Å². The first kappa shape index (κ1) is 17.7. The van der Waals surface area contributed by atoms with Crippen LogP contribution in [0.2, 0.25) is 0 Å². The number of benzene rings is 1. The minimum atomic E-state index is 0.398. The predicted octanol–water partition coefficient (Wildman–Crippen LogP) is 2.92. The lowest BCUT2D eigenvalue weighted by Gasteiger charge is -2.24. The molecule has 0 saturated carbocycles. The summed E-state index contributed by atoms with van der Waals surface area (Å²) >= 11 is 0. The fourth-order valence-corrected chi connectivity index (χ4v) is 3.37. The van der Waals surface area contributed by atoms with Crippen LogP contribution in [0.25, 0.3) is 0 Å². The van der Waals surface area contributed by atoms with Crippen LogP contribution in [0.3, 0.4) is 0 Å². The number of pyridine rings is 1. The number of ether oxygens (including phenoxy) is 1. The van der Waals surface area contributed by atoms with Gasteiger partial charge in [0, 0.05) is 48.9 Å². The van der Waals surface area contributed by atoms with Gasteiger partial charge in [-0.05, 0) is 18.6 Å². The molecule has 0 fully saturated rings. The molecule has 3 aromatic rings. The summed E-state index contributed by atoms with van der Waals surface area (Å²) in [6.07, 6.45) is 6.56. The van der Waals surface area contributed by atoms with Crippen molar-refractivity contribution in [3.05, 3.63) is 71.6 Å². The van der Waals surface area contributed by atoms with Crippen LogP contribution in [0.4, 0.5) is 0 Å². The van der Waals surface area contributed by atoms with Crippen LogP contribution >= 0.6 is 0 Å². The van der Waals surface area contributed by atoms with E-state index in [2.05, 4.69) is 44.1 Å². The zero-order valence-corrected chi connectivity index (χ0v) is 15.6. The first-order valence-corrected chi connectivity index (χ1v) is 9.57. The number of aryl methyl sites for hydroxylation is 2. The molecule has 27 heavy (non-hydrogen) atoms. The molecule has 6 heteroatoms. The normalized spacial score (nSPS) is 16.1. The Labute approximate surface area is 159 Å². The highest BCUT2D eigenvalue weighted by Crippen LogP contribution is 2.20. The number of nitrogens with zero attached hydrogens (tertiary/aromatic N) is 4. The summed E-state index contributed by atoms with van der Waals surface area (Å²) in [7, 11) is 0. The maximum Gasteiger partial charge on any atom is 0.150 e. The largest absolute Gasteiger partial charge is 0.489 e. The van der Waals surface area contributed by atoms with E-state index in [0.717, 1.165) is 55.3 Å². The van der Waals surface area contributed by atoms with E-state index >= 15 is 0 Å². The molecule has 0 aliphatic carbocycles. The summed E-state index contributed by atoms with van der Waals surface area (Å²) in [6.45, 7) is 4.27. The summed E-state index contributed by atoms with van der Waals surface area (Å²) < 4.78 is 8.09. The molecular weight excluding hydrogens is 338 g/mol. The Morgan fingerprint density at radius 2 is 2.15 bits per heavy atom. The molecule has 1 aromatic carbocycles. The van der Waals surface area contributed by atoms with Crippen LogP contribution in [0.5, 0.6) is 5.75 Å². The Morgan fingerprint density at radius 3 is 3.00 bits per heavy atom. The second-order valence-electron chi connectivity index (χ2n) is 6.85. The summed E-state index contributed by atoms with van der Waals surface area (Å²) in [5.41, 5.74) is 2.23. The number of rotatable bonds is 7. The van der Waals surface area contributed by atoms with Gasteiger partial charge >= 0.3 is 0 Å². The van der Waals surface area contributed by atoms with Crippen LogP contribution in [0.15, 0.2) is 48.8 Å². The lowest BCUT2D eigenvalue weighted by molar-refractivity contribution is 0.299. The lowest BCUT2D eigenvalue weighted by Crippen LogP contribution is -2.37. The SMILES string of the molecule is CCc1nc2n(n1)CC(NCc1ccccc1OCc1cccnc1)CC2. The third-order valence-corrected chi connectivity index (χ3v) is 4.89. The van der Waals surface area contributed by atoms with Gasteiger partial charge in [0.2, 0.25) is 0 Å². The van der Waals surface area contributed by atoms with Crippen molar-refractivity contribution in [3.8, 4) is 5.75 Å². The summed E-state index contributed by atoms with van der Waals surface area (Å²) in [4.78, 5) is 8.73. The fourth-order valence-electron chi connectivity index (χ4n) is 3.37. The van der Waals surface area contributed by atoms with Gasteiger partial charge < -0.3 is 10.1 Å². The van der Waals surface area contributed by atoms with Crippen LogP contribution in [0, 0.1) is 0 Å². The molecule has 1 aliphatic heterocycles. The highest BCUT2D eigenvalue weighted by Gasteiger charge is 2.21. The minimum absolute atomic E-state index is 0.398. The van der Waals surface area contributed by atoms with Gasteiger partial charge in [0.15, 0.2) is 5.82 Å². The first-order chi connectivity index (χ1) is 13.3. The Balaban J connectivity index is 1.36. The zero-order valence-electron chi connectivity index (χ0n) is 15.6. The fraction of sp³-hybridized carbons (Fsp3) is 0.381. The zero-order chi connectivity index (χ0) is 18.5. The van der Waals surface area contributed by atoms with E-state index < -0.39 is 0 Å². The van der Waals surface area contributed by atoms with Crippen molar-refractivity contribution in [1.82, 2.24) is 25.1 Å². The van der Waals surface area contributed by atoms with Crippen molar-refractivity contribution in [2.45, 2.75) is 51.9 Å². The number of fused-ring (bicyclic) bond motifs is 1. The van der Waals surface area contributed by atoms with E-state index in [1.165, 1.54) is 5.56 Å². The maximum atomic E-state index is 6.03. The summed E-state index contributed by atoms with van der Waals surface area (Å²) in [6, 6.07) is 12.6. The van der Waals surface area contributed by atoms with E-state index in [1.54, 1.807) is 6.20 Å². The predicted molar refractivity (Wildman–Crippen MR) is 103 cm³/mol. The minimum Gasteiger partial charge on any atom is -0.489 e. The molecule has 1 N–H and O–H groups in total. The second-order valence-corrected chi connectivity index (χ2v) is 6.85. The smallest absolute Gasteiger partial charge is 0.150 e. The highest BCUT2D eigenvalue weighted by atomic mass is 16.5. The van der Waals surface area contributed by atoms with Crippen LogP contribution in [-0.4, -0.2) is 25.8 Å². The highest BCUT2D eigenvalue weighted by molar-refractivity contribution is 5.33. The van der Waals surface area contributed by atoms with Crippen LogP contribution in [-0.2, 0) is 32.5 Å². The van der Waals surface area contributed by atoms with Crippen LogP contribution in [0.1, 0.15) is 36.1 Å². The lowest BCUT2D eigenvalue weighted by atomic mass is 10.1. The molecule has 1 unspecified atom stereocenters. The van der Waals surface area contributed by atoms with E-state index in [-0.39, 0.29) is 0 Å². The molecule has 6 nitrogen and oxygen atoms in total. The van der Waals surface area contributed by atoms with Crippen molar-refractivity contribution in [2.24, 2.45) is 0 Å². The molecular formula is C21H25N5O. The third kappa shape index (κ3) is 4.34. The molecule has 4 rings (SSSR count). The molecule has 0 spiro atoms. The second kappa shape index (κ2) is 8.31. The van der Waals surface area contributed by atoms with E-state index in [4.69, 9.17) is 4.74 Å². The van der Waals surface area contributed by atoms with Crippen molar-refractivity contribution < 1.29 is 4.74 Å². The number of hydrogen-bond acceptors (Lipinski definition) is 5. The first-order valence-electron chi connectivity index (χ1n) is 9.57. The molecule has 1 atom stereocenters. The number of para-hydroxylation sites is 1. The van der Waals surface area contributed by atoms with Crippen LogP contribution < -0.4 is 10.1 Å². The summed E-state index contributed by atoms with van der Waals surface area (Å²) in [5.74, 6) is 2.98. The Kier molecular flexibility index (Phi) is 5.44. The van der Waals surface area contributed by atoms with Gasteiger partial charge in [0.05, 0.1) is 6.54 Å². The standard InChI is InChI=1S/C21H25N5O/c1-2-20-24-21-10-9-18(14-26(21)25-20)23-13-17-7-3-4-8-19(17)27-15-16-6-5-11-22-12-16/h3-8,11-12,18,23H,2,9-10,13-15H2,1H3. The van der Waals surface area contributed by atoms with Crippen molar-refractivity contribution in [1.29, 1.82) is 0 Å². The van der Waals surface area contributed by atoms with Crippen molar-refractivity contribution in [3.63, 3.8) is 0 Å². The average molecular weight is 363 g/mol. The Morgan fingerprint density at radius 1 is 1.22 bits per heavy atom. The van der Waals surface area contributed by atoms with Gasteiger partial charge in [-0.1, -0.05) is 31.2 Å². The molecule has 3 heterocycles. The monoisotopic (exact) mass is 363 g/mol. The molecule has 140 valence electrons. The Bertz CT molecular complexity index is 877. The van der Waals surface area contributed by atoms with Gasteiger partial charge in [-0.2, -0.15) is 5.10 Å². The van der Waals surface area contributed by atoms with Gasteiger partial charge in [0.25, 0.3) is 0 Å².